The summed E-state index contributed by atoms with van der Waals surface area (Å²) in [5, 5.41) is 4.85. The molecule has 2 nitrogen and oxygen atoms in total. The van der Waals surface area contributed by atoms with Gasteiger partial charge in [-0.15, -0.1) is 0 Å². The molecule has 4 heteroatoms. The van der Waals surface area contributed by atoms with E-state index in [0.717, 1.165) is 25.3 Å². The highest BCUT2D eigenvalue weighted by molar-refractivity contribution is 6.36. The number of rotatable bonds is 2. The van der Waals surface area contributed by atoms with Crippen LogP contribution in [-0.2, 0) is 0 Å². The number of hydrogen-bond donors (Lipinski definition) is 1. The number of anilines is 1. The van der Waals surface area contributed by atoms with Crippen molar-refractivity contribution in [3.63, 3.8) is 0 Å². The fourth-order valence-electron chi connectivity index (χ4n) is 2.79. The van der Waals surface area contributed by atoms with Crippen LogP contribution in [0.5, 0.6) is 0 Å². The van der Waals surface area contributed by atoms with Gasteiger partial charge in [0.15, 0.2) is 0 Å². The molecule has 3 rings (SSSR count). The number of nitrogens with one attached hydrogen (secondary N) is 1. The molecule has 1 unspecified atom stereocenters. The van der Waals surface area contributed by atoms with Crippen LogP contribution < -0.4 is 10.2 Å². The fourth-order valence-corrected chi connectivity index (χ4v) is 3.31. The van der Waals surface area contributed by atoms with E-state index >= 15 is 0 Å². The summed E-state index contributed by atoms with van der Waals surface area (Å²) in [6, 6.07) is 14.7. The molecule has 1 N–H and O–H groups in total. The SMILES string of the molecule is Cc1ccc(C2CNCCN2c2ccc(Cl)cc2Cl)cc1. The highest BCUT2D eigenvalue weighted by Crippen LogP contribution is 2.35. The summed E-state index contributed by atoms with van der Waals surface area (Å²) in [6.45, 7) is 4.92. The number of piperazine rings is 1. The molecule has 1 aliphatic heterocycles. The molecule has 1 aliphatic rings. The van der Waals surface area contributed by atoms with Gasteiger partial charge in [-0.2, -0.15) is 0 Å². The summed E-state index contributed by atoms with van der Waals surface area (Å²) >= 11 is 12.4. The van der Waals surface area contributed by atoms with Gasteiger partial charge in [-0.1, -0.05) is 53.0 Å². The van der Waals surface area contributed by atoms with Crippen molar-refractivity contribution in [3.05, 3.63) is 63.6 Å². The van der Waals surface area contributed by atoms with E-state index in [9.17, 15) is 0 Å². The van der Waals surface area contributed by atoms with Crippen molar-refractivity contribution < 1.29 is 0 Å². The monoisotopic (exact) mass is 320 g/mol. The molecule has 0 saturated carbocycles. The Balaban J connectivity index is 1.96. The van der Waals surface area contributed by atoms with Crippen molar-refractivity contribution in [2.75, 3.05) is 24.5 Å². The van der Waals surface area contributed by atoms with Gasteiger partial charge in [-0.3, -0.25) is 0 Å². The molecular weight excluding hydrogens is 303 g/mol. The zero-order valence-electron chi connectivity index (χ0n) is 11.9. The normalized spacial score (nSPS) is 18.8. The lowest BCUT2D eigenvalue weighted by Gasteiger charge is -2.39. The summed E-state index contributed by atoms with van der Waals surface area (Å²) in [5.41, 5.74) is 3.63. The third-order valence-electron chi connectivity index (χ3n) is 3.92. The van der Waals surface area contributed by atoms with Crippen LogP contribution in [0.2, 0.25) is 10.0 Å². The zero-order valence-corrected chi connectivity index (χ0v) is 13.5. The predicted octanol–water partition coefficient (Wildman–Crippen LogP) is 4.45. The standard InChI is InChI=1S/C17H18Cl2N2/c1-12-2-4-13(5-3-12)17-11-20-8-9-21(17)16-7-6-14(18)10-15(16)19/h2-7,10,17,20H,8-9,11H2,1H3. The Morgan fingerprint density at radius 2 is 1.86 bits per heavy atom. The fraction of sp³-hybridized carbons (Fsp3) is 0.294. The van der Waals surface area contributed by atoms with Gasteiger partial charge >= 0.3 is 0 Å². The van der Waals surface area contributed by atoms with E-state index in [-0.39, 0.29) is 6.04 Å². The van der Waals surface area contributed by atoms with E-state index in [1.165, 1.54) is 11.1 Å². The quantitative estimate of drug-likeness (QED) is 0.879. The predicted molar refractivity (Wildman–Crippen MR) is 90.6 cm³/mol. The summed E-state index contributed by atoms with van der Waals surface area (Å²) in [6.07, 6.45) is 0. The maximum absolute atomic E-state index is 6.39. The number of aryl methyl sites for hydroxylation is 1. The molecule has 0 radical (unpaired) electrons. The average Bonchev–Trinajstić information content (AvgIpc) is 2.48. The molecule has 0 bridgehead atoms. The van der Waals surface area contributed by atoms with Crippen molar-refractivity contribution in [2.45, 2.75) is 13.0 Å². The van der Waals surface area contributed by atoms with Crippen molar-refractivity contribution in [2.24, 2.45) is 0 Å². The van der Waals surface area contributed by atoms with Gasteiger partial charge in [0, 0.05) is 24.7 Å². The van der Waals surface area contributed by atoms with Crippen LogP contribution in [0.4, 0.5) is 5.69 Å². The Kier molecular flexibility index (Phi) is 4.39. The minimum absolute atomic E-state index is 0.290. The minimum Gasteiger partial charge on any atom is -0.361 e. The summed E-state index contributed by atoms with van der Waals surface area (Å²) in [4.78, 5) is 2.36. The van der Waals surface area contributed by atoms with E-state index in [4.69, 9.17) is 23.2 Å². The second-order valence-corrected chi connectivity index (χ2v) is 6.26. The van der Waals surface area contributed by atoms with Crippen LogP contribution in [0, 0.1) is 6.92 Å². The summed E-state index contributed by atoms with van der Waals surface area (Å²) in [5.74, 6) is 0. The molecule has 2 aromatic carbocycles. The molecule has 110 valence electrons. The molecule has 0 spiro atoms. The van der Waals surface area contributed by atoms with Crippen LogP contribution >= 0.6 is 23.2 Å². The van der Waals surface area contributed by atoms with E-state index < -0.39 is 0 Å². The lowest BCUT2D eigenvalue weighted by atomic mass is 10.0. The lowest BCUT2D eigenvalue weighted by molar-refractivity contribution is 0.490. The van der Waals surface area contributed by atoms with E-state index in [1.54, 1.807) is 0 Å². The van der Waals surface area contributed by atoms with Crippen molar-refractivity contribution >= 4 is 28.9 Å². The zero-order chi connectivity index (χ0) is 14.8. The Hall–Kier alpha value is -1.22. The average molecular weight is 321 g/mol. The topological polar surface area (TPSA) is 15.3 Å². The van der Waals surface area contributed by atoms with E-state index in [2.05, 4.69) is 41.4 Å². The molecule has 1 heterocycles. The van der Waals surface area contributed by atoms with Gasteiger partial charge in [-0.25, -0.2) is 0 Å². The molecular formula is C17H18Cl2N2. The molecule has 0 aromatic heterocycles. The molecule has 2 aromatic rings. The van der Waals surface area contributed by atoms with Gasteiger partial charge in [0.25, 0.3) is 0 Å². The van der Waals surface area contributed by atoms with Crippen molar-refractivity contribution in [1.82, 2.24) is 5.32 Å². The maximum atomic E-state index is 6.39. The highest BCUT2D eigenvalue weighted by atomic mass is 35.5. The van der Waals surface area contributed by atoms with E-state index in [1.807, 2.05) is 18.2 Å². The van der Waals surface area contributed by atoms with Crippen molar-refractivity contribution in [1.29, 1.82) is 0 Å². The first-order valence-electron chi connectivity index (χ1n) is 7.14. The summed E-state index contributed by atoms with van der Waals surface area (Å²) < 4.78 is 0. The number of hydrogen-bond acceptors (Lipinski definition) is 2. The highest BCUT2D eigenvalue weighted by Gasteiger charge is 2.25. The number of nitrogens with zero attached hydrogens (tertiary/aromatic N) is 1. The van der Waals surface area contributed by atoms with Gasteiger partial charge in [0.2, 0.25) is 0 Å². The Bertz CT molecular complexity index is 625. The van der Waals surface area contributed by atoms with Crippen LogP contribution in [0.15, 0.2) is 42.5 Å². The van der Waals surface area contributed by atoms with E-state index in [0.29, 0.717) is 10.0 Å². The minimum atomic E-state index is 0.290. The van der Waals surface area contributed by atoms with Gasteiger partial charge < -0.3 is 10.2 Å². The van der Waals surface area contributed by atoms with Gasteiger partial charge in [-0.05, 0) is 30.7 Å². The second-order valence-electron chi connectivity index (χ2n) is 5.42. The van der Waals surface area contributed by atoms with Crippen LogP contribution in [-0.4, -0.2) is 19.6 Å². The molecule has 21 heavy (non-hydrogen) atoms. The number of benzene rings is 2. The van der Waals surface area contributed by atoms with Gasteiger partial charge in [0.1, 0.15) is 0 Å². The molecule has 0 amide bonds. The first-order chi connectivity index (χ1) is 10.1. The Morgan fingerprint density at radius 1 is 1.10 bits per heavy atom. The Morgan fingerprint density at radius 3 is 2.57 bits per heavy atom. The third-order valence-corrected chi connectivity index (χ3v) is 4.46. The second kappa shape index (κ2) is 6.27. The molecule has 1 saturated heterocycles. The van der Waals surface area contributed by atoms with Crippen LogP contribution in [0.25, 0.3) is 0 Å². The number of halogens is 2. The third kappa shape index (κ3) is 3.18. The maximum Gasteiger partial charge on any atom is 0.0668 e. The molecule has 1 fully saturated rings. The largest absolute Gasteiger partial charge is 0.361 e. The first kappa shape index (κ1) is 14.7. The summed E-state index contributed by atoms with van der Waals surface area (Å²) in [7, 11) is 0. The van der Waals surface area contributed by atoms with Gasteiger partial charge in [0.05, 0.1) is 16.8 Å². The van der Waals surface area contributed by atoms with Crippen molar-refractivity contribution in [3.8, 4) is 0 Å². The lowest BCUT2D eigenvalue weighted by Crippen LogP contribution is -2.46. The molecule has 0 aliphatic carbocycles. The first-order valence-corrected chi connectivity index (χ1v) is 7.90. The van der Waals surface area contributed by atoms with Crippen LogP contribution in [0.1, 0.15) is 17.2 Å². The van der Waals surface area contributed by atoms with Crippen LogP contribution in [0.3, 0.4) is 0 Å². The molecule has 1 atom stereocenters. The smallest absolute Gasteiger partial charge is 0.0668 e. The Labute approximate surface area is 135 Å².